The lowest BCUT2D eigenvalue weighted by atomic mass is 10.1. The van der Waals surface area contributed by atoms with Crippen molar-refractivity contribution in [3.63, 3.8) is 0 Å². The normalized spacial score (nSPS) is 16.0. The zero-order valence-electron chi connectivity index (χ0n) is 17.1. The predicted molar refractivity (Wildman–Crippen MR) is 116 cm³/mol. The summed E-state index contributed by atoms with van der Waals surface area (Å²) in [5.41, 5.74) is 4.89. The standard InChI is InChI=1S/C24H32N2O2/c1-4-5-21-16-20(3)8-11-24(21)28-18-23(27)17-25-12-14-26(15-13-25)22-9-6-19(2)7-10-22/h4,6-11,16,23,27H,1,5,12-15,17-18H2,2-3H3/t23-/m1/s1. The smallest absolute Gasteiger partial charge is 0.122 e. The van der Waals surface area contributed by atoms with Gasteiger partial charge in [-0.1, -0.05) is 41.5 Å². The molecule has 0 unspecified atom stereocenters. The van der Waals surface area contributed by atoms with Crippen LogP contribution in [0.15, 0.2) is 55.1 Å². The minimum absolute atomic E-state index is 0.311. The average Bonchev–Trinajstić information content (AvgIpc) is 2.69. The molecule has 2 aromatic rings. The van der Waals surface area contributed by atoms with Gasteiger partial charge in [0.1, 0.15) is 18.5 Å². The van der Waals surface area contributed by atoms with Crippen LogP contribution >= 0.6 is 0 Å². The summed E-state index contributed by atoms with van der Waals surface area (Å²) in [5.74, 6) is 0.841. The highest BCUT2D eigenvalue weighted by Crippen LogP contribution is 2.21. The first kappa shape index (κ1) is 20.4. The number of rotatable bonds is 8. The van der Waals surface area contributed by atoms with Gasteiger partial charge in [0.2, 0.25) is 0 Å². The van der Waals surface area contributed by atoms with Gasteiger partial charge in [0, 0.05) is 38.4 Å². The number of allylic oxidation sites excluding steroid dienone is 1. The van der Waals surface area contributed by atoms with Crippen molar-refractivity contribution < 1.29 is 9.84 Å². The molecule has 1 aliphatic rings. The maximum atomic E-state index is 10.5. The average molecular weight is 381 g/mol. The largest absolute Gasteiger partial charge is 0.491 e. The summed E-state index contributed by atoms with van der Waals surface area (Å²) in [6, 6.07) is 14.8. The van der Waals surface area contributed by atoms with Gasteiger partial charge in [-0.25, -0.2) is 0 Å². The van der Waals surface area contributed by atoms with Gasteiger partial charge in [0.15, 0.2) is 0 Å². The van der Waals surface area contributed by atoms with Crippen molar-refractivity contribution >= 4 is 5.69 Å². The molecule has 4 nitrogen and oxygen atoms in total. The van der Waals surface area contributed by atoms with Crippen LogP contribution in [0.4, 0.5) is 5.69 Å². The van der Waals surface area contributed by atoms with Gasteiger partial charge in [-0.2, -0.15) is 0 Å². The minimum Gasteiger partial charge on any atom is -0.491 e. The van der Waals surface area contributed by atoms with Crippen LogP contribution in [-0.2, 0) is 6.42 Å². The summed E-state index contributed by atoms with van der Waals surface area (Å²) in [7, 11) is 0. The minimum atomic E-state index is -0.496. The van der Waals surface area contributed by atoms with Crippen LogP contribution in [0.3, 0.4) is 0 Å². The fourth-order valence-electron chi connectivity index (χ4n) is 3.65. The van der Waals surface area contributed by atoms with Crippen LogP contribution in [0.5, 0.6) is 5.75 Å². The number of β-amino-alcohol motifs (C(OH)–C–C–N with tert-alkyl or cyclic N) is 1. The fourth-order valence-corrected chi connectivity index (χ4v) is 3.65. The van der Waals surface area contributed by atoms with Crippen molar-refractivity contribution in [2.24, 2.45) is 0 Å². The predicted octanol–water partition coefficient (Wildman–Crippen LogP) is 3.59. The summed E-state index contributed by atoms with van der Waals surface area (Å²) in [4.78, 5) is 4.73. The van der Waals surface area contributed by atoms with Crippen molar-refractivity contribution in [2.75, 3.05) is 44.2 Å². The van der Waals surface area contributed by atoms with Crippen LogP contribution in [-0.4, -0.2) is 55.4 Å². The zero-order chi connectivity index (χ0) is 19.9. The molecule has 0 spiro atoms. The monoisotopic (exact) mass is 380 g/mol. The topological polar surface area (TPSA) is 35.9 Å². The maximum absolute atomic E-state index is 10.5. The quantitative estimate of drug-likeness (QED) is 0.710. The molecule has 0 radical (unpaired) electrons. The number of aryl methyl sites for hydroxylation is 2. The molecule has 4 heteroatoms. The van der Waals surface area contributed by atoms with Crippen molar-refractivity contribution in [1.29, 1.82) is 0 Å². The van der Waals surface area contributed by atoms with E-state index in [2.05, 4.69) is 60.6 Å². The first-order valence-electron chi connectivity index (χ1n) is 10.1. The van der Waals surface area contributed by atoms with Crippen molar-refractivity contribution in [2.45, 2.75) is 26.4 Å². The lowest BCUT2D eigenvalue weighted by molar-refractivity contribution is 0.0660. The molecule has 2 aromatic carbocycles. The number of nitrogens with zero attached hydrogens (tertiary/aromatic N) is 2. The van der Waals surface area contributed by atoms with Crippen LogP contribution in [0.2, 0.25) is 0 Å². The highest BCUT2D eigenvalue weighted by atomic mass is 16.5. The molecule has 150 valence electrons. The molecule has 3 rings (SSSR count). The number of anilines is 1. The van der Waals surface area contributed by atoms with Crippen LogP contribution < -0.4 is 9.64 Å². The van der Waals surface area contributed by atoms with E-state index in [1.807, 2.05) is 18.2 Å². The number of ether oxygens (including phenoxy) is 1. The van der Waals surface area contributed by atoms with E-state index in [0.29, 0.717) is 13.2 Å². The molecule has 1 aliphatic heterocycles. The Hall–Kier alpha value is -2.30. The molecule has 1 atom stereocenters. The van der Waals surface area contributed by atoms with E-state index in [9.17, 15) is 5.11 Å². The molecule has 1 N–H and O–H groups in total. The van der Waals surface area contributed by atoms with E-state index < -0.39 is 6.10 Å². The van der Waals surface area contributed by atoms with Gasteiger partial charge in [0.05, 0.1) is 0 Å². The Bertz CT molecular complexity index is 765. The summed E-state index contributed by atoms with van der Waals surface area (Å²) >= 11 is 0. The summed E-state index contributed by atoms with van der Waals surface area (Å²) in [6.07, 6.45) is 2.16. The molecular weight excluding hydrogens is 348 g/mol. The maximum Gasteiger partial charge on any atom is 0.122 e. The second kappa shape index (κ2) is 9.76. The second-order valence-corrected chi connectivity index (χ2v) is 7.69. The summed E-state index contributed by atoms with van der Waals surface area (Å²) in [6.45, 7) is 12.8. The molecule has 0 aliphatic carbocycles. The molecule has 1 heterocycles. The molecule has 0 aromatic heterocycles. The molecule has 0 saturated carbocycles. The molecule has 0 amide bonds. The van der Waals surface area contributed by atoms with Gasteiger partial charge in [0.25, 0.3) is 0 Å². The second-order valence-electron chi connectivity index (χ2n) is 7.69. The zero-order valence-corrected chi connectivity index (χ0v) is 17.1. The van der Waals surface area contributed by atoms with E-state index in [4.69, 9.17) is 4.74 Å². The molecule has 0 bridgehead atoms. The van der Waals surface area contributed by atoms with Crippen LogP contribution in [0.1, 0.15) is 16.7 Å². The summed E-state index contributed by atoms with van der Waals surface area (Å²) < 4.78 is 5.91. The number of aliphatic hydroxyl groups is 1. The first-order valence-corrected chi connectivity index (χ1v) is 10.1. The molecule has 1 fully saturated rings. The number of hydrogen-bond acceptors (Lipinski definition) is 4. The van der Waals surface area contributed by atoms with Gasteiger partial charge in [-0.05, 0) is 44.0 Å². The van der Waals surface area contributed by atoms with Crippen LogP contribution in [0.25, 0.3) is 0 Å². The third kappa shape index (κ3) is 5.60. The SMILES string of the molecule is C=CCc1cc(C)ccc1OC[C@H](O)CN1CCN(c2ccc(C)cc2)CC1. The Morgan fingerprint density at radius 1 is 1.04 bits per heavy atom. The highest BCUT2D eigenvalue weighted by Gasteiger charge is 2.20. The van der Waals surface area contributed by atoms with E-state index in [1.54, 1.807) is 0 Å². The van der Waals surface area contributed by atoms with Crippen molar-refractivity contribution in [1.82, 2.24) is 4.90 Å². The fraction of sp³-hybridized carbons (Fsp3) is 0.417. The lowest BCUT2D eigenvalue weighted by Crippen LogP contribution is -2.49. The van der Waals surface area contributed by atoms with E-state index >= 15 is 0 Å². The molecular formula is C24H32N2O2. The Kier molecular flexibility index (Phi) is 7.12. The van der Waals surface area contributed by atoms with Crippen molar-refractivity contribution in [3.8, 4) is 5.75 Å². The summed E-state index contributed by atoms with van der Waals surface area (Å²) in [5, 5.41) is 10.5. The van der Waals surface area contributed by atoms with Crippen LogP contribution in [0, 0.1) is 13.8 Å². The number of hydrogen-bond donors (Lipinski definition) is 1. The van der Waals surface area contributed by atoms with Gasteiger partial charge in [-0.15, -0.1) is 6.58 Å². The third-order valence-electron chi connectivity index (χ3n) is 5.25. The Labute approximate surface area is 169 Å². The number of aliphatic hydroxyl groups excluding tert-OH is 1. The van der Waals surface area contributed by atoms with Crippen molar-refractivity contribution in [3.05, 3.63) is 71.8 Å². The van der Waals surface area contributed by atoms with Gasteiger partial charge in [-0.3, -0.25) is 4.90 Å². The molecule has 28 heavy (non-hydrogen) atoms. The Morgan fingerprint density at radius 3 is 2.39 bits per heavy atom. The van der Waals surface area contributed by atoms with E-state index in [-0.39, 0.29) is 0 Å². The first-order chi connectivity index (χ1) is 13.5. The molecule has 1 saturated heterocycles. The Balaban J connectivity index is 1.45. The highest BCUT2D eigenvalue weighted by molar-refractivity contribution is 5.47. The lowest BCUT2D eigenvalue weighted by Gasteiger charge is -2.37. The number of benzene rings is 2. The van der Waals surface area contributed by atoms with Gasteiger partial charge >= 0.3 is 0 Å². The van der Waals surface area contributed by atoms with E-state index in [0.717, 1.165) is 43.9 Å². The Morgan fingerprint density at radius 2 is 1.71 bits per heavy atom. The van der Waals surface area contributed by atoms with E-state index in [1.165, 1.54) is 16.8 Å². The third-order valence-corrected chi connectivity index (χ3v) is 5.25. The van der Waals surface area contributed by atoms with Gasteiger partial charge < -0.3 is 14.7 Å². The number of piperazine rings is 1.